The highest BCUT2D eigenvalue weighted by Gasteiger charge is 2.47. The van der Waals surface area contributed by atoms with Gasteiger partial charge in [-0.05, 0) is 31.9 Å². The number of hydrogen-bond donors (Lipinski definition) is 2. The predicted molar refractivity (Wildman–Crippen MR) is 84.3 cm³/mol. The number of benzene rings is 1. The van der Waals surface area contributed by atoms with E-state index in [1.165, 1.54) is 0 Å². The lowest BCUT2D eigenvalue weighted by molar-refractivity contribution is -0.161. The van der Waals surface area contributed by atoms with Crippen LogP contribution in [0.25, 0.3) is 0 Å². The average molecular weight is 307 g/mol. The van der Waals surface area contributed by atoms with Crippen LogP contribution in [0.2, 0.25) is 0 Å². The van der Waals surface area contributed by atoms with Gasteiger partial charge in [0.15, 0.2) is 0 Å². The molecule has 1 aromatic carbocycles. The molecule has 0 unspecified atom stereocenters. The molecule has 0 fully saturated rings. The van der Waals surface area contributed by atoms with Crippen molar-refractivity contribution in [2.45, 2.75) is 39.3 Å². The van der Waals surface area contributed by atoms with Crippen LogP contribution >= 0.6 is 0 Å². The molecule has 0 aliphatic carbocycles. The summed E-state index contributed by atoms with van der Waals surface area (Å²) in [5.41, 5.74) is -0.445. The van der Waals surface area contributed by atoms with Crippen molar-refractivity contribution < 1.29 is 19.4 Å². The Labute approximate surface area is 131 Å². The molecule has 0 amide bonds. The first-order valence-corrected chi connectivity index (χ1v) is 7.46. The Balaban J connectivity index is 2.82. The second-order valence-electron chi connectivity index (χ2n) is 5.94. The van der Waals surface area contributed by atoms with E-state index in [1.54, 1.807) is 14.0 Å². The number of likely N-dealkylation sites (N-methyl/N-ethyl adjacent to an activating group) is 1. The number of ether oxygens (including phenoxy) is 1. The number of carboxylic acid groups (broad SMARTS) is 1. The van der Waals surface area contributed by atoms with Crippen LogP contribution in [-0.4, -0.2) is 29.6 Å². The topological polar surface area (TPSA) is 75.6 Å². The van der Waals surface area contributed by atoms with Gasteiger partial charge in [-0.2, -0.15) is 0 Å². The molecular formula is C17H25NO4. The standard InChI is InChI=1S/C17H25NO4/c1-12(2)10-17(18-4,16(20)21)13(3)15(19)22-11-14-8-6-5-7-9-14/h5-9,12-13,18H,10-11H2,1-4H3,(H,20,21)/t13-,17-/m0/s1. The first-order chi connectivity index (χ1) is 10.3. The Kier molecular flexibility index (Phi) is 6.56. The highest BCUT2D eigenvalue weighted by atomic mass is 16.5. The van der Waals surface area contributed by atoms with Gasteiger partial charge >= 0.3 is 11.9 Å². The number of carbonyl (C=O) groups is 2. The van der Waals surface area contributed by atoms with Gasteiger partial charge in [-0.25, -0.2) is 0 Å². The van der Waals surface area contributed by atoms with E-state index in [4.69, 9.17) is 4.74 Å². The molecule has 2 atom stereocenters. The summed E-state index contributed by atoms with van der Waals surface area (Å²) in [6, 6.07) is 9.32. The molecule has 0 heterocycles. The minimum atomic E-state index is -1.32. The van der Waals surface area contributed by atoms with Crippen LogP contribution in [-0.2, 0) is 20.9 Å². The fraction of sp³-hybridized carbons (Fsp3) is 0.529. The molecule has 0 spiro atoms. The van der Waals surface area contributed by atoms with E-state index in [1.807, 2.05) is 44.2 Å². The van der Waals surface area contributed by atoms with Gasteiger partial charge in [0.2, 0.25) is 0 Å². The molecule has 22 heavy (non-hydrogen) atoms. The third-order valence-electron chi connectivity index (χ3n) is 3.87. The predicted octanol–water partition coefficient (Wildman–Crippen LogP) is 2.45. The summed E-state index contributed by atoms with van der Waals surface area (Å²) >= 11 is 0. The number of carbonyl (C=O) groups excluding carboxylic acids is 1. The molecule has 0 aromatic heterocycles. The van der Waals surface area contributed by atoms with Crippen LogP contribution in [0.15, 0.2) is 30.3 Å². The number of hydrogen-bond acceptors (Lipinski definition) is 4. The molecule has 0 saturated carbocycles. The van der Waals surface area contributed by atoms with Crippen LogP contribution in [0.3, 0.4) is 0 Å². The Morgan fingerprint density at radius 2 is 1.82 bits per heavy atom. The molecule has 0 saturated heterocycles. The SMILES string of the molecule is CN[C@](CC(C)C)(C(=O)O)[C@@H](C)C(=O)OCc1ccccc1. The van der Waals surface area contributed by atoms with Crippen LogP contribution in [0, 0.1) is 11.8 Å². The number of esters is 1. The molecule has 1 rings (SSSR count). The fourth-order valence-corrected chi connectivity index (χ4v) is 2.57. The van der Waals surface area contributed by atoms with Gasteiger partial charge in [0.25, 0.3) is 0 Å². The summed E-state index contributed by atoms with van der Waals surface area (Å²) in [6.45, 7) is 5.60. The second-order valence-corrected chi connectivity index (χ2v) is 5.94. The lowest BCUT2D eigenvalue weighted by atomic mass is 9.78. The largest absolute Gasteiger partial charge is 0.480 e. The van der Waals surface area contributed by atoms with Crippen LogP contribution in [0.5, 0.6) is 0 Å². The van der Waals surface area contributed by atoms with Crippen molar-refractivity contribution in [1.82, 2.24) is 5.32 Å². The highest BCUT2D eigenvalue weighted by Crippen LogP contribution is 2.27. The maximum atomic E-state index is 12.3. The fourth-order valence-electron chi connectivity index (χ4n) is 2.57. The number of rotatable bonds is 8. The minimum Gasteiger partial charge on any atom is -0.480 e. The molecule has 122 valence electrons. The molecule has 5 nitrogen and oxygen atoms in total. The first kappa shape index (κ1) is 18.2. The molecular weight excluding hydrogens is 282 g/mol. The Bertz CT molecular complexity index is 501. The van der Waals surface area contributed by atoms with Gasteiger partial charge < -0.3 is 15.2 Å². The highest BCUT2D eigenvalue weighted by molar-refractivity contribution is 5.87. The molecule has 0 aliphatic heterocycles. The second kappa shape index (κ2) is 7.94. The van der Waals surface area contributed by atoms with Crippen LogP contribution in [0.1, 0.15) is 32.8 Å². The molecule has 1 aromatic rings. The zero-order valence-corrected chi connectivity index (χ0v) is 13.6. The lowest BCUT2D eigenvalue weighted by Gasteiger charge is -2.35. The van der Waals surface area contributed by atoms with E-state index in [0.717, 1.165) is 5.56 Å². The van der Waals surface area contributed by atoms with E-state index < -0.39 is 23.4 Å². The van der Waals surface area contributed by atoms with E-state index in [2.05, 4.69) is 5.32 Å². The molecule has 0 aliphatic rings. The summed E-state index contributed by atoms with van der Waals surface area (Å²) in [5.74, 6) is -2.21. The summed E-state index contributed by atoms with van der Waals surface area (Å²) in [5, 5.41) is 12.4. The summed E-state index contributed by atoms with van der Waals surface area (Å²) in [6.07, 6.45) is 0.348. The molecule has 0 radical (unpaired) electrons. The zero-order chi connectivity index (χ0) is 16.8. The number of nitrogens with one attached hydrogen (secondary N) is 1. The van der Waals surface area contributed by atoms with Gasteiger partial charge in [0.05, 0.1) is 5.92 Å². The van der Waals surface area contributed by atoms with Crippen molar-refractivity contribution in [1.29, 1.82) is 0 Å². The smallest absolute Gasteiger partial charge is 0.324 e. The van der Waals surface area contributed by atoms with E-state index in [9.17, 15) is 14.7 Å². The maximum absolute atomic E-state index is 12.3. The third-order valence-corrected chi connectivity index (χ3v) is 3.87. The molecule has 2 N–H and O–H groups in total. The van der Waals surface area contributed by atoms with Gasteiger partial charge in [-0.1, -0.05) is 44.2 Å². The van der Waals surface area contributed by atoms with E-state index in [0.29, 0.717) is 6.42 Å². The van der Waals surface area contributed by atoms with Crippen LogP contribution < -0.4 is 5.32 Å². The van der Waals surface area contributed by atoms with Crippen molar-refractivity contribution >= 4 is 11.9 Å². The molecule has 5 heteroatoms. The summed E-state index contributed by atoms with van der Waals surface area (Å²) in [7, 11) is 1.57. The van der Waals surface area contributed by atoms with Crippen molar-refractivity contribution in [3.63, 3.8) is 0 Å². The number of aliphatic carboxylic acids is 1. The van der Waals surface area contributed by atoms with Crippen molar-refractivity contribution in [3.05, 3.63) is 35.9 Å². The molecule has 0 bridgehead atoms. The Morgan fingerprint density at radius 1 is 1.23 bits per heavy atom. The Morgan fingerprint density at radius 3 is 2.27 bits per heavy atom. The van der Waals surface area contributed by atoms with Gasteiger partial charge in [-0.15, -0.1) is 0 Å². The quantitative estimate of drug-likeness (QED) is 0.722. The zero-order valence-electron chi connectivity index (χ0n) is 13.6. The van der Waals surface area contributed by atoms with Gasteiger partial charge in [-0.3, -0.25) is 9.59 Å². The van der Waals surface area contributed by atoms with E-state index >= 15 is 0 Å². The summed E-state index contributed by atoms with van der Waals surface area (Å²) in [4.78, 5) is 24.0. The van der Waals surface area contributed by atoms with E-state index in [-0.39, 0.29) is 12.5 Å². The van der Waals surface area contributed by atoms with Crippen molar-refractivity contribution in [2.75, 3.05) is 7.05 Å². The lowest BCUT2D eigenvalue weighted by Crippen LogP contribution is -2.58. The van der Waals surface area contributed by atoms with Crippen molar-refractivity contribution in [3.8, 4) is 0 Å². The van der Waals surface area contributed by atoms with Crippen LogP contribution in [0.4, 0.5) is 0 Å². The summed E-state index contributed by atoms with van der Waals surface area (Å²) < 4.78 is 5.29. The van der Waals surface area contributed by atoms with Gasteiger partial charge in [0.1, 0.15) is 12.1 Å². The Hall–Kier alpha value is -1.88. The third kappa shape index (κ3) is 4.31. The van der Waals surface area contributed by atoms with Crippen molar-refractivity contribution in [2.24, 2.45) is 11.8 Å². The van der Waals surface area contributed by atoms with Gasteiger partial charge in [0, 0.05) is 0 Å². The first-order valence-electron chi connectivity index (χ1n) is 7.46. The normalized spacial score (nSPS) is 15.1. The monoisotopic (exact) mass is 307 g/mol. The average Bonchev–Trinajstić information content (AvgIpc) is 2.50. The minimum absolute atomic E-state index is 0.132. The number of carboxylic acids is 1. The maximum Gasteiger partial charge on any atom is 0.324 e.